The smallest absolute Gasteiger partial charge is 0.237 e. The topological polar surface area (TPSA) is 72.3 Å². The van der Waals surface area contributed by atoms with Gasteiger partial charge in [0.25, 0.3) is 0 Å². The molecule has 2 unspecified atom stereocenters. The van der Waals surface area contributed by atoms with E-state index in [-0.39, 0.29) is 5.91 Å². The predicted octanol–water partition coefficient (Wildman–Crippen LogP) is 0.454. The van der Waals surface area contributed by atoms with Gasteiger partial charge in [0.2, 0.25) is 5.91 Å². The maximum atomic E-state index is 11.3. The second kappa shape index (κ2) is 4.94. The van der Waals surface area contributed by atoms with E-state index in [2.05, 4.69) is 18.7 Å². The van der Waals surface area contributed by atoms with Crippen molar-refractivity contribution in [2.45, 2.75) is 51.1 Å². The fraction of sp³-hybridized carbons (Fsp3) is 0.909. The highest BCUT2D eigenvalue weighted by Crippen LogP contribution is 2.29. The van der Waals surface area contributed by atoms with Crippen LogP contribution in [0.1, 0.15) is 39.5 Å². The fourth-order valence-corrected chi connectivity index (χ4v) is 2.55. The van der Waals surface area contributed by atoms with Gasteiger partial charge in [0, 0.05) is 6.04 Å². The molecule has 0 heterocycles. The van der Waals surface area contributed by atoms with Gasteiger partial charge in [-0.3, -0.25) is 4.79 Å². The Balaban J connectivity index is 2.66. The number of rotatable bonds is 4. The number of carbonyl (C=O) groups is 1. The molecule has 1 amide bonds. The molecule has 1 rings (SSSR count). The first-order valence-corrected chi connectivity index (χ1v) is 5.86. The molecule has 0 aromatic heterocycles. The standard InChI is InChI=1S/C11H23N3O/c1-3-14(4-2)9-6-5-7-11(13,8-9)10(12)15/h9H,3-8,13H2,1-2H3,(H2,12,15). The lowest BCUT2D eigenvalue weighted by molar-refractivity contribution is -0.125. The molecule has 1 aliphatic carbocycles. The van der Waals surface area contributed by atoms with Crippen molar-refractivity contribution >= 4 is 5.91 Å². The van der Waals surface area contributed by atoms with Crippen LogP contribution in [0.2, 0.25) is 0 Å². The van der Waals surface area contributed by atoms with E-state index >= 15 is 0 Å². The van der Waals surface area contributed by atoms with Crippen LogP contribution in [0.25, 0.3) is 0 Å². The summed E-state index contributed by atoms with van der Waals surface area (Å²) >= 11 is 0. The average molecular weight is 213 g/mol. The number of nitrogens with zero attached hydrogens (tertiary/aromatic N) is 1. The molecular weight excluding hydrogens is 190 g/mol. The number of hydrogen-bond donors (Lipinski definition) is 2. The zero-order chi connectivity index (χ0) is 11.5. The van der Waals surface area contributed by atoms with Crippen molar-refractivity contribution in [3.63, 3.8) is 0 Å². The highest BCUT2D eigenvalue weighted by atomic mass is 16.1. The Morgan fingerprint density at radius 3 is 2.53 bits per heavy atom. The normalized spacial score (nSPS) is 31.9. The van der Waals surface area contributed by atoms with Gasteiger partial charge in [0.05, 0.1) is 5.54 Å². The zero-order valence-electron chi connectivity index (χ0n) is 9.83. The second-order valence-corrected chi connectivity index (χ2v) is 4.49. The molecule has 1 aliphatic rings. The third-order valence-corrected chi connectivity index (χ3v) is 3.58. The van der Waals surface area contributed by atoms with Crippen LogP contribution in [0.5, 0.6) is 0 Å². The van der Waals surface area contributed by atoms with Crippen LogP contribution in [0.15, 0.2) is 0 Å². The molecule has 0 aromatic carbocycles. The van der Waals surface area contributed by atoms with Crippen LogP contribution >= 0.6 is 0 Å². The molecule has 4 N–H and O–H groups in total. The van der Waals surface area contributed by atoms with Gasteiger partial charge in [-0.2, -0.15) is 0 Å². The van der Waals surface area contributed by atoms with Crippen molar-refractivity contribution < 1.29 is 4.79 Å². The first kappa shape index (κ1) is 12.5. The van der Waals surface area contributed by atoms with Crippen molar-refractivity contribution in [3.8, 4) is 0 Å². The summed E-state index contributed by atoms with van der Waals surface area (Å²) < 4.78 is 0. The minimum Gasteiger partial charge on any atom is -0.368 e. The van der Waals surface area contributed by atoms with Gasteiger partial charge in [-0.25, -0.2) is 0 Å². The summed E-state index contributed by atoms with van der Waals surface area (Å²) in [6.07, 6.45) is 3.58. The Morgan fingerprint density at radius 2 is 2.07 bits per heavy atom. The highest BCUT2D eigenvalue weighted by Gasteiger charge is 2.38. The lowest BCUT2D eigenvalue weighted by Gasteiger charge is -2.40. The first-order valence-electron chi connectivity index (χ1n) is 5.86. The molecule has 4 heteroatoms. The summed E-state index contributed by atoms with van der Waals surface area (Å²) in [5.41, 5.74) is 10.6. The second-order valence-electron chi connectivity index (χ2n) is 4.49. The van der Waals surface area contributed by atoms with Gasteiger partial charge < -0.3 is 16.4 Å². The number of nitrogens with two attached hydrogens (primary N) is 2. The summed E-state index contributed by atoms with van der Waals surface area (Å²) in [4.78, 5) is 13.7. The van der Waals surface area contributed by atoms with Crippen molar-refractivity contribution in [1.82, 2.24) is 4.90 Å². The van der Waals surface area contributed by atoms with E-state index in [0.717, 1.165) is 32.4 Å². The van der Waals surface area contributed by atoms with Crippen molar-refractivity contribution in [2.24, 2.45) is 11.5 Å². The number of amides is 1. The van der Waals surface area contributed by atoms with Gasteiger partial charge in [-0.15, -0.1) is 0 Å². The fourth-order valence-electron chi connectivity index (χ4n) is 2.55. The van der Waals surface area contributed by atoms with Crippen LogP contribution in [-0.4, -0.2) is 35.5 Å². The van der Waals surface area contributed by atoms with Crippen molar-refractivity contribution in [3.05, 3.63) is 0 Å². The monoisotopic (exact) mass is 213 g/mol. The largest absolute Gasteiger partial charge is 0.368 e. The van der Waals surface area contributed by atoms with Gasteiger partial charge in [0.15, 0.2) is 0 Å². The van der Waals surface area contributed by atoms with Crippen molar-refractivity contribution in [2.75, 3.05) is 13.1 Å². The average Bonchev–Trinajstić information content (AvgIpc) is 2.19. The van der Waals surface area contributed by atoms with E-state index in [1.807, 2.05) is 0 Å². The number of carbonyl (C=O) groups excluding carboxylic acids is 1. The number of hydrogen-bond acceptors (Lipinski definition) is 3. The maximum absolute atomic E-state index is 11.3. The Kier molecular flexibility index (Phi) is 4.11. The van der Waals surface area contributed by atoms with Gasteiger partial charge in [-0.05, 0) is 38.8 Å². The van der Waals surface area contributed by atoms with Crippen LogP contribution in [0.4, 0.5) is 0 Å². The Labute approximate surface area is 92.0 Å². The quantitative estimate of drug-likeness (QED) is 0.712. The molecule has 4 nitrogen and oxygen atoms in total. The third kappa shape index (κ3) is 2.69. The Bertz CT molecular complexity index is 228. The van der Waals surface area contributed by atoms with Crippen LogP contribution in [0, 0.1) is 0 Å². The molecule has 2 atom stereocenters. The van der Waals surface area contributed by atoms with E-state index in [1.165, 1.54) is 0 Å². The van der Waals surface area contributed by atoms with Crippen LogP contribution < -0.4 is 11.5 Å². The summed E-state index contributed by atoms with van der Waals surface area (Å²) in [7, 11) is 0. The zero-order valence-corrected chi connectivity index (χ0v) is 9.83. The Morgan fingerprint density at radius 1 is 1.47 bits per heavy atom. The van der Waals surface area contributed by atoms with Crippen LogP contribution in [-0.2, 0) is 4.79 Å². The molecule has 0 bridgehead atoms. The Hall–Kier alpha value is -0.610. The summed E-state index contributed by atoms with van der Waals surface area (Å²) in [5.74, 6) is -0.348. The van der Waals surface area contributed by atoms with E-state index in [0.29, 0.717) is 12.5 Å². The van der Waals surface area contributed by atoms with Gasteiger partial charge >= 0.3 is 0 Å². The SMILES string of the molecule is CCN(CC)C1CCCC(N)(C(N)=O)C1. The predicted molar refractivity (Wildman–Crippen MR) is 61.3 cm³/mol. The van der Waals surface area contributed by atoms with E-state index < -0.39 is 5.54 Å². The molecule has 0 radical (unpaired) electrons. The van der Waals surface area contributed by atoms with Gasteiger partial charge in [0.1, 0.15) is 0 Å². The minimum absolute atomic E-state index is 0.348. The van der Waals surface area contributed by atoms with Crippen molar-refractivity contribution in [1.29, 1.82) is 0 Å². The maximum Gasteiger partial charge on any atom is 0.237 e. The first-order chi connectivity index (χ1) is 7.03. The molecular formula is C11H23N3O. The minimum atomic E-state index is -0.772. The molecule has 0 aliphatic heterocycles. The molecule has 15 heavy (non-hydrogen) atoms. The van der Waals surface area contributed by atoms with E-state index in [1.54, 1.807) is 0 Å². The lowest BCUT2D eigenvalue weighted by Crippen LogP contribution is -2.58. The molecule has 1 fully saturated rings. The summed E-state index contributed by atoms with van der Waals surface area (Å²) in [6, 6.07) is 0.422. The highest BCUT2D eigenvalue weighted by molar-refractivity contribution is 5.84. The summed E-state index contributed by atoms with van der Waals surface area (Å²) in [5, 5.41) is 0. The lowest BCUT2D eigenvalue weighted by atomic mass is 9.78. The molecule has 1 saturated carbocycles. The van der Waals surface area contributed by atoms with Gasteiger partial charge in [-0.1, -0.05) is 13.8 Å². The molecule has 0 saturated heterocycles. The molecule has 0 aromatic rings. The summed E-state index contributed by atoms with van der Waals surface area (Å²) in [6.45, 7) is 6.30. The third-order valence-electron chi connectivity index (χ3n) is 3.58. The molecule has 0 spiro atoms. The van der Waals surface area contributed by atoms with E-state index in [4.69, 9.17) is 11.5 Å². The van der Waals surface area contributed by atoms with Crippen LogP contribution in [0.3, 0.4) is 0 Å². The molecule has 88 valence electrons. The number of primary amides is 1. The van der Waals surface area contributed by atoms with E-state index in [9.17, 15) is 4.79 Å².